The summed E-state index contributed by atoms with van der Waals surface area (Å²) in [5.41, 5.74) is 2.35. The van der Waals surface area contributed by atoms with Gasteiger partial charge in [-0.25, -0.2) is 4.79 Å². The number of hydrogen-bond donors (Lipinski definition) is 2. The van der Waals surface area contributed by atoms with Crippen molar-refractivity contribution < 1.29 is 14.3 Å². The Balaban J connectivity index is 1.60. The van der Waals surface area contributed by atoms with Crippen molar-refractivity contribution in [3.05, 3.63) is 81.8 Å². The van der Waals surface area contributed by atoms with E-state index >= 15 is 0 Å². The molecule has 4 aromatic rings. The summed E-state index contributed by atoms with van der Waals surface area (Å²) in [6.45, 7) is 1.40. The molecule has 134 valence electrons. The highest BCUT2D eigenvalue weighted by Gasteiger charge is 2.19. The first-order chi connectivity index (χ1) is 13.0. The molecule has 0 aliphatic rings. The maximum absolute atomic E-state index is 12.6. The first-order valence-electron chi connectivity index (χ1n) is 8.44. The number of aromatic nitrogens is 2. The Bertz CT molecular complexity index is 1250. The van der Waals surface area contributed by atoms with Gasteiger partial charge in [-0.15, -0.1) is 0 Å². The lowest BCUT2D eigenvalue weighted by Gasteiger charge is -2.07. The fourth-order valence-corrected chi connectivity index (χ4v) is 3.29. The number of fused-ring (bicyclic) bond motifs is 2. The quantitative estimate of drug-likeness (QED) is 0.431. The van der Waals surface area contributed by atoms with Crippen molar-refractivity contribution >= 4 is 33.6 Å². The standard InChI is InChI=1S/C21H16N2O4/c1-12-20(14-7-3-5-9-17(14)22-12)18(24)11-27-21(26)15-10-19(25)23-16-8-4-2-6-13(15)16/h2-10,22H,11H2,1H3,(H,23,25). The average molecular weight is 360 g/mol. The van der Waals surface area contributed by atoms with E-state index in [1.165, 1.54) is 6.07 Å². The highest BCUT2D eigenvalue weighted by atomic mass is 16.5. The molecule has 2 aromatic carbocycles. The van der Waals surface area contributed by atoms with Crippen LogP contribution < -0.4 is 5.56 Å². The van der Waals surface area contributed by atoms with E-state index in [0.717, 1.165) is 16.6 Å². The van der Waals surface area contributed by atoms with Gasteiger partial charge >= 0.3 is 5.97 Å². The lowest BCUT2D eigenvalue weighted by molar-refractivity contribution is 0.0476. The van der Waals surface area contributed by atoms with Crippen molar-refractivity contribution in [2.75, 3.05) is 6.61 Å². The number of para-hydroxylation sites is 2. The van der Waals surface area contributed by atoms with Gasteiger partial charge in [-0.1, -0.05) is 36.4 Å². The van der Waals surface area contributed by atoms with Gasteiger partial charge in [0.15, 0.2) is 6.61 Å². The number of esters is 1. The number of ketones is 1. The third-order valence-electron chi connectivity index (χ3n) is 4.48. The number of nitrogens with one attached hydrogen (secondary N) is 2. The van der Waals surface area contributed by atoms with Crippen LogP contribution in [0.5, 0.6) is 0 Å². The van der Waals surface area contributed by atoms with E-state index < -0.39 is 18.1 Å². The summed E-state index contributed by atoms with van der Waals surface area (Å²) < 4.78 is 5.23. The van der Waals surface area contributed by atoms with Gasteiger partial charge in [0.1, 0.15) is 0 Å². The predicted molar refractivity (Wildman–Crippen MR) is 102 cm³/mol. The third-order valence-corrected chi connectivity index (χ3v) is 4.48. The van der Waals surface area contributed by atoms with Gasteiger partial charge in [0, 0.05) is 39.1 Å². The summed E-state index contributed by atoms with van der Waals surface area (Å²) in [4.78, 5) is 42.7. The van der Waals surface area contributed by atoms with Crippen molar-refractivity contribution in [1.82, 2.24) is 9.97 Å². The van der Waals surface area contributed by atoms with Crippen molar-refractivity contribution in [2.24, 2.45) is 0 Å². The molecule has 2 aromatic heterocycles. The zero-order valence-electron chi connectivity index (χ0n) is 14.5. The second-order valence-corrected chi connectivity index (χ2v) is 6.26. The summed E-state index contributed by atoms with van der Waals surface area (Å²) in [5.74, 6) is -1.00. The Hall–Kier alpha value is -3.67. The van der Waals surface area contributed by atoms with E-state index in [1.807, 2.05) is 24.3 Å². The van der Waals surface area contributed by atoms with Crippen LogP contribution in [0.25, 0.3) is 21.8 Å². The number of hydrogen-bond acceptors (Lipinski definition) is 4. The Kier molecular flexibility index (Phi) is 4.08. The van der Waals surface area contributed by atoms with Gasteiger partial charge < -0.3 is 14.7 Å². The normalized spacial score (nSPS) is 11.0. The molecule has 0 saturated heterocycles. The zero-order chi connectivity index (χ0) is 19.0. The molecule has 6 heteroatoms. The fraction of sp³-hybridized carbons (Fsp3) is 0.0952. The molecule has 6 nitrogen and oxygen atoms in total. The van der Waals surface area contributed by atoms with Crippen LogP contribution in [0.4, 0.5) is 0 Å². The van der Waals surface area contributed by atoms with Crippen molar-refractivity contribution in [1.29, 1.82) is 0 Å². The van der Waals surface area contributed by atoms with Crippen molar-refractivity contribution in [2.45, 2.75) is 6.92 Å². The fourth-order valence-electron chi connectivity index (χ4n) is 3.29. The van der Waals surface area contributed by atoms with Crippen molar-refractivity contribution in [3.8, 4) is 0 Å². The molecule has 0 atom stereocenters. The van der Waals surface area contributed by atoms with Crippen LogP contribution in [0.3, 0.4) is 0 Å². The second kappa shape index (κ2) is 6.57. The molecule has 0 spiro atoms. The van der Waals surface area contributed by atoms with Gasteiger partial charge in [-0.2, -0.15) is 0 Å². The molecule has 0 fully saturated rings. The van der Waals surface area contributed by atoms with Gasteiger partial charge in [-0.3, -0.25) is 9.59 Å². The summed E-state index contributed by atoms with van der Waals surface area (Å²) in [5, 5.41) is 1.36. The van der Waals surface area contributed by atoms with Crippen LogP contribution in [0, 0.1) is 6.92 Å². The van der Waals surface area contributed by atoms with E-state index in [0.29, 0.717) is 16.5 Å². The molecule has 0 radical (unpaired) electrons. The molecule has 2 N–H and O–H groups in total. The maximum Gasteiger partial charge on any atom is 0.339 e. The molecule has 0 saturated carbocycles. The van der Waals surface area contributed by atoms with Crippen LogP contribution in [0.15, 0.2) is 59.4 Å². The molecular formula is C21H16N2O4. The highest BCUT2D eigenvalue weighted by molar-refractivity contribution is 6.11. The molecular weight excluding hydrogens is 344 g/mol. The zero-order valence-corrected chi connectivity index (χ0v) is 14.5. The van der Waals surface area contributed by atoms with Crippen LogP contribution in [0.1, 0.15) is 26.4 Å². The molecule has 0 aliphatic carbocycles. The second-order valence-electron chi connectivity index (χ2n) is 6.26. The number of benzene rings is 2. The van der Waals surface area contributed by atoms with E-state index in [9.17, 15) is 14.4 Å². The Morgan fingerprint density at radius 2 is 1.56 bits per heavy atom. The smallest absolute Gasteiger partial charge is 0.339 e. The van der Waals surface area contributed by atoms with Crippen LogP contribution in [-0.2, 0) is 4.74 Å². The number of aromatic amines is 2. The molecule has 0 unspecified atom stereocenters. The summed E-state index contributed by atoms with van der Waals surface area (Å²) >= 11 is 0. The van der Waals surface area contributed by atoms with E-state index in [1.54, 1.807) is 31.2 Å². The van der Waals surface area contributed by atoms with Gasteiger partial charge in [0.25, 0.3) is 0 Å². The van der Waals surface area contributed by atoms with Crippen molar-refractivity contribution in [3.63, 3.8) is 0 Å². The summed E-state index contributed by atoms with van der Waals surface area (Å²) in [6, 6.07) is 15.6. The maximum atomic E-state index is 12.6. The van der Waals surface area contributed by atoms with E-state index in [-0.39, 0.29) is 11.3 Å². The van der Waals surface area contributed by atoms with Gasteiger partial charge in [0.05, 0.1) is 5.56 Å². The molecule has 0 aliphatic heterocycles. The predicted octanol–water partition coefficient (Wildman–Crippen LogP) is 3.36. The number of pyridine rings is 1. The largest absolute Gasteiger partial charge is 0.454 e. The van der Waals surface area contributed by atoms with Crippen LogP contribution in [0.2, 0.25) is 0 Å². The van der Waals surface area contributed by atoms with E-state index in [2.05, 4.69) is 9.97 Å². The van der Waals surface area contributed by atoms with Crippen LogP contribution in [-0.4, -0.2) is 28.3 Å². The molecule has 2 heterocycles. The Labute approximate surface area is 153 Å². The number of carbonyl (C=O) groups excluding carboxylic acids is 2. The number of aryl methyl sites for hydroxylation is 1. The number of Topliss-reactive ketones (excluding diaryl/α,β-unsaturated/α-hetero) is 1. The third kappa shape index (κ3) is 3.01. The average Bonchev–Trinajstić information content (AvgIpc) is 3.00. The highest BCUT2D eigenvalue weighted by Crippen LogP contribution is 2.22. The monoisotopic (exact) mass is 360 g/mol. The minimum absolute atomic E-state index is 0.137. The first kappa shape index (κ1) is 16.8. The Morgan fingerprint density at radius 1 is 0.926 bits per heavy atom. The topological polar surface area (TPSA) is 92.0 Å². The lowest BCUT2D eigenvalue weighted by atomic mass is 10.1. The number of H-pyrrole nitrogens is 2. The molecule has 0 amide bonds. The number of carbonyl (C=O) groups is 2. The SMILES string of the molecule is Cc1[nH]c2ccccc2c1C(=O)COC(=O)c1cc(=O)[nH]c2ccccc12. The van der Waals surface area contributed by atoms with E-state index in [4.69, 9.17) is 4.74 Å². The minimum Gasteiger partial charge on any atom is -0.454 e. The minimum atomic E-state index is -0.705. The summed E-state index contributed by atoms with van der Waals surface area (Å²) in [6.07, 6.45) is 0. The molecule has 4 rings (SSSR count). The molecule has 27 heavy (non-hydrogen) atoms. The van der Waals surface area contributed by atoms with Gasteiger partial charge in [0.2, 0.25) is 11.3 Å². The van der Waals surface area contributed by atoms with Crippen LogP contribution >= 0.6 is 0 Å². The lowest BCUT2D eigenvalue weighted by Crippen LogP contribution is -2.17. The number of rotatable bonds is 4. The first-order valence-corrected chi connectivity index (χ1v) is 8.44. The number of ether oxygens (including phenoxy) is 1. The summed E-state index contributed by atoms with van der Waals surface area (Å²) in [7, 11) is 0. The Morgan fingerprint density at radius 3 is 2.30 bits per heavy atom. The molecule has 0 bridgehead atoms. The van der Waals surface area contributed by atoms with Gasteiger partial charge in [-0.05, 0) is 19.1 Å².